The molecule has 9 heteroatoms. The van der Waals surface area contributed by atoms with Crippen LogP contribution < -0.4 is 15.1 Å². The summed E-state index contributed by atoms with van der Waals surface area (Å²) in [6.07, 6.45) is 4.05. The van der Waals surface area contributed by atoms with Gasteiger partial charge in [0.2, 0.25) is 0 Å². The molecule has 2 aliphatic heterocycles. The first-order valence-corrected chi connectivity index (χ1v) is 14.2. The monoisotopic (exact) mass is 572 g/mol. The molecule has 6 rings (SSSR count). The number of carboxylic acids is 1. The van der Waals surface area contributed by atoms with E-state index >= 15 is 0 Å². The van der Waals surface area contributed by atoms with E-state index in [4.69, 9.17) is 28.2 Å². The molecule has 0 aliphatic carbocycles. The molecule has 2 atom stereocenters. The van der Waals surface area contributed by atoms with Gasteiger partial charge in [-0.15, -0.1) is 0 Å². The molecule has 2 N–H and O–H groups in total. The first-order valence-electron chi connectivity index (χ1n) is 13.4. The molecule has 0 spiro atoms. The SMILES string of the molecule is CC1CCN(c2ccc(N3C(=S)N[C@H](c4ccccn4)[C@@H]3c3ccc(-c4ccccc4C(=O)O)o3)cc2Cl)CC1. The van der Waals surface area contributed by atoms with Crippen molar-refractivity contribution in [1.29, 1.82) is 0 Å². The Morgan fingerprint density at radius 1 is 1.07 bits per heavy atom. The second kappa shape index (κ2) is 10.9. The lowest BCUT2D eigenvalue weighted by Crippen LogP contribution is -2.33. The van der Waals surface area contributed by atoms with Crippen LogP contribution in [0.1, 0.15) is 53.7 Å². The van der Waals surface area contributed by atoms with Gasteiger partial charge in [0.05, 0.1) is 28.0 Å². The van der Waals surface area contributed by atoms with E-state index in [0.29, 0.717) is 27.2 Å². The predicted molar refractivity (Wildman–Crippen MR) is 161 cm³/mol. The van der Waals surface area contributed by atoms with E-state index in [-0.39, 0.29) is 17.6 Å². The van der Waals surface area contributed by atoms with Gasteiger partial charge in [-0.3, -0.25) is 4.98 Å². The molecule has 0 unspecified atom stereocenters. The van der Waals surface area contributed by atoms with Crippen molar-refractivity contribution in [2.24, 2.45) is 5.92 Å². The fourth-order valence-electron chi connectivity index (χ4n) is 5.61. The van der Waals surface area contributed by atoms with Gasteiger partial charge in [0.1, 0.15) is 17.6 Å². The van der Waals surface area contributed by atoms with E-state index in [2.05, 4.69) is 28.2 Å². The van der Waals surface area contributed by atoms with Crippen LogP contribution in [0.25, 0.3) is 11.3 Å². The van der Waals surface area contributed by atoms with Gasteiger partial charge in [0, 0.05) is 30.5 Å². The van der Waals surface area contributed by atoms with Crippen molar-refractivity contribution in [3.8, 4) is 11.3 Å². The standard InChI is InChI=1S/C31H29ClN4O3S/c1-19-13-16-35(17-14-19)25-10-9-20(18-23(25)32)36-29(28(34-31(36)40)24-8-4-5-15-33-24)27-12-11-26(39-27)21-6-2-3-7-22(21)30(37)38/h2-12,15,18-19,28-29H,13-14,16-17H2,1H3,(H,34,40)(H,37,38)/t28-,29+/m1/s1. The molecular formula is C31H29ClN4O3S. The third kappa shape index (κ3) is 4.93. The minimum absolute atomic E-state index is 0.177. The number of carbonyl (C=O) groups is 1. The maximum Gasteiger partial charge on any atom is 0.336 e. The minimum Gasteiger partial charge on any atom is -0.478 e. The Hall–Kier alpha value is -3.88. The normalized spacial score (nSPS) is 19.6. The lowest BCUT2D eigenvalue weighted by molar-refractivity contribution is 0.0697. The molecule has 0 bridgehead atoms. The molecule has 2 saturated heterocycles. The van der Waals surface area contributed by atoms with Crippen LogP contribution in [-0.2, 0) is 0 Å². The summed E-state index contributed by atoms with van der Waals surface area (Å²) in [6, 6.07) is 21.7. The first-order chi connectivity index (χ1) is 19.4. The smallest absolute Gasteiger partial charge is 0.336 e. The number of nitrogens with one attached hydrogen (secondary N) is 1. The number of pyridine rings is 1. The van der Waals surface area contributed by atoms with Crippen LogP contribution in [0.15, 0.2) is 83.4 Å². The molecule has 2 aliphatic rings. The highest BCUT2D eigenvalue weighted by atomic mass is 35.5. The van der Waals surface area contributed by atoms with Crippen LogP contribution in [0.3, 0.4) is 0 Å². The average Bonchev–Trinajstić information content (AvgIpc) is 3.58. The molecule has 2 aromatic carbocycles. The maximum atomic E-state index is 11.9. The van der Waals surface area contributed by atoms with E-state index < -0.39 is 5.97 Å². The van der Waals surface area contributed by atoms with E-state index in [1.165, 1.54) is 0 Å². The summed E-state index contributed by atoms with van der Waals surface area (Å²) in [7, 11) is 0. The second-order valence-electron chi connectivity index (χ2n) is 10.4. The van der Waals surface area contributed by atoms with Crippen molar-refractivity contribution in [3.63, 3.8) is 0 Å². The van der Waals surface area contributed by atoms with Gasteiger partial charge in [-0.2, -0.15) is 0 Å². The Balaban J connectivity index is 1.40. The van der Waals surface area contributed by atoms with Gasteiger partial charge in [-0.05, 0) is 79.5 Å². The Bertz CT molecular complexity index is 1550. The van der Waals surface area contributed by atoms with Crippen LogP contribution in [0.2, 0.25) is 5.02 Å². The fraction of sp³-hybridized carbons (Fsp3) is 0.258. The van der Waals surface area contributed by atoms with Crippen molar-refractivity contribution < 1.29 is 14.3 Å². The second-order valence-corrected chi connectivity index (χ2v) is 11.1. The number of halogens is 1. The molecule has 4 heterocycles. The Kier molecular flexibility index (Phi) is 7.21. The maximum absolute atomic E-state index is 11.9. The zero-order valence-electron chi connectivity index (χ0n) is 22.0. The van der Waals surface area contributed by atoms with E-state index in [9.17, 15) is 9.90 Å². The summed E-state index contributed by atoms with van der Waals surface area (Å²) in [5.74, 6) is 0.817. The van der Waals surface area contributed by atoms with Crippen molar-refractivity contribution in [2.45, 2.75) is 31.8 Å². The number of carboxylic acid groups (broad SMARTS) is 1. The number of anilines is 2. The lowest BCUT2D eigenvalue weighted by Gasteiger charge is -2.33. The molecule has 0 radical (unpaired) electrons. The third-order valence-electron chi connectivity index (χ3n) is 7.77. The van der Waals surface area contributed by atoms with Crippen molar-refractivity contribution in [3.05, 3.63) is 101 Å². The average molecular weight is 573 g/mol. The molecule has 0 saturated carbocycles. The van der Waals surface area contributed by atoms with Crippen molar-refractivity contribution >= 4 is 46.3 Å². The van der Waals surface area contributed by atoms with Gasteiger partial charge >= 0.3 is 5.97 Å². The van der Waals surface area contributed by atoms with Gasteiger partial charge in [0.15, 0.2) is 5.11 Å². The van der Waals surface area contributed by atoms with Crippen LogP contribution in [0.5, 0.6) is 0 Å². The van der Waals surface area contributed by atoms with Crippen molar-refractivity contribution in [1.82, 2.24) is 10.3 Å². The largest absolute Gasteiger partial charge is 0.478 e. The number of nitrogens with zero attached hydrogens (tertiary/aromatic N) is 3. The molecule has 204 valence electrons. The summed E-state index contributed by atoms with van der Waals surface area (Å²) >= 11 is 12.7. The molecule has 40 heavy (non-hydrogen) atoms. The van der Waals surface area contributed by atoms with Crippen LogP contribution in [-0.4, -0.2) is 34.3 Å². The molecule has 2 fully saturated rings. The van der Waals surface area contributed by atoms with Gasteiger partial charge in [-0.1, -0.05) is 42.8 Å². The topological polar surface area (TPSA) is 81.8 Å². The van der Waals surface area contributed by atoms with Crippen LogP contribution in [0, 0.1) is 5.92 Å². The number of benzene rings is 2. The molecule has 0 amide bonds. The van der Waals surface area contributed by atoms with Crippen LogP contribution >= 0.6 is 23.8 Å². The number of piperidine rings is 1. The predicted octanol–water partition coefficient (Wildman–Crippen LogP) is 7.11. The molecule has 7 nitrogen and oxygen atoms in total. The molecule has 4 aromatic rings. The molecular weight excluding hydrogens is 544 g/mol. The minimum atomic E-state index is -1.01. The van der Waals surface area contributed by atoms with Gasteiger partial charge in [-0.25, -0.2) is 4.79 Å². The van der Waals surface area contributed by atoms with E-state index in [0.717, 1.165) is 48.9 Å². The summed E-state index contributed by atoms with van der Waals surface area (Å²) in [5, 5.41) is 14.4. The van der Waals surface area contributed by atoms with E-state index in [1.807, 2.05) is 41.3 Å². The summed E-state index contributed by atoms with van der Waals surface area (Å²) in [4.78, 5) is 20.8. The Morgan fingerprint density at radius 3 is 2.58 bits per heavy atom. The van der Waals surface area contributed by atoms with Crippen LogP contribution in [0.4, 0.5) is 11.4 Å². The lowest BCUT2D eigenvalue weighted by atomic mass is 9.98. The number of aromatic nitrogens is 1. The molecule has 2 aromatic heterocycles. The Labute approximate surface area is 243 Å². The van der Waals surface area contributed by atoms with Gasteiger partial charge in [0.25, 0.3) is 0 Å². The zero-order valence-corrected chi connectivity index (χ0v) is 23.5. The number of aromatic carboxylic acids is 1. The third-order valence-corrected chi connectivity index (χ3v) is 8.39. The summed E-state index contributed by atoms with van der Waals surface area (Å²) in [6.45, 7) is 4.27. The number of thiocarbonyl (C=S) groups is 1. The first kappa shape index (κ1) is 26.3. The highest BCUT2D eigenvalue weighted by Gasteiger charge is 2.43. The zero-order chi connectivity index (χ0) is 27.8. The summed E-state index contributed by atoms with van der Waals surface area (Å²) in [5.41, 5.74) is 3.36. The van der Waals surface area contributed by atoms with Gasteiger partial charge < -0.3 is 24.6 Å². The highest BCUT2D eigenvalue weighted by Crippen LogP contribution is 2.44. The Morgan fingerprint density at radius 2 is 1.85 bits per heavy atom. The quantitative estimate of drug-likeness (QED) is 0.237. The van der Waals surface area contributed by atoms with E-state index in [1.54, 1.807) is 36.5 Å². The van der Waals surface area contributed by atoms with Crippen molar-refractivity contribution in [2.75, 3.05) is 22.9 Å². The number of hydrogen-bond acceptors (Lipinski definition) is 5. The fourth-order valence-corrected chi connectivity index (χ4v) is 6.25. The number of furan rings is 1. The summed E-state index contributed by atoms with van der Waals surface area (Å²) < 4.78 is 6.38. The number of rotatable bonds is 6. The number of hydrogen-bond donors (Lipinski definition) is 2. The highest BCUT2D eigenvalue weighted by molar-refractivity contribution is 7.80.